The van der Waals surface area contributed by atoms with Gasteiger partial charge in [-0.1, -0.05) is 26.0 Å². The molecular weight excluding hydrogens is 376 g/mol. The third kappa shape index (κ3) is 5.41. The quantitative estimate of drug-likeness (QED) is 0.719. The van der Waals surface area contributed by atoms with Crippen LogP contribution in [-0.4, -0.2) is 35.9 Å². The van der Waals surface area contributed by atoms with Gasteiger partial charge >= 0.3 is 0 Å². The van der Waals surface area contributed by atoms with Crippen LogP contribution in [-0.2, 0) is 4.79 Å². The van der Waals surface area contributed by atoms with Crippen LogP contribution in [0.25, 0.3) is 0 Å². The normalized spacial score (nSPS) is 16.4. The van der Waals surface area contributed by atoms with Gasteiger partial charge in [-0.2, -0.15) is 0 Å². The fourth-order valence-electron chi connectivity index (χ4n) is 3.80. The van der Waals surface area contributed by atoms with Gasteiger partial charge in [-0.15, -0.1) is 0 Å². The van der Waals surface area contributed by atoms with Crippen molar-refractivity contribution >= 4 is 17.5 Å². The van der Waals surface area contributed by atoms with Crippen LogP contribution >= 0.6 is 0 Å². The third-order valence-electron chi connectivity index (χ3n) is 5.71. The molecule has 1 saturated heterocycles. The number of piperidine rings is 1. The number of anilines is 1. The zero-order valence-corrected chi connectivity index (χ0v) is 18.4. The molecule has 1 atom stereocenters. The van der Waals surface area contributed by atoms with Gasteiger partial charge in [-0.3, -0.25) is 9.59 Å². The zero-order valence-electron chi connectivity index (χ0n) is 18.4. The Morgan fingerprint density at radius 2 is 1.97 bits per heavy atom. The first-order chi connectivity index (χ1) is 14.3. The van der Waals surface area contributed by atoms with Gasteiger partial charge in [0.15, 0.2) is 6.61 Å². The molecule has 1 fully saturated rings. The predicted molar refractivity (Wildman–Crippen MR) is 120 cm³/mol. The minimum atomic E-state index is -0.225. The first-order valence-corrected chi connectivity index (χ1v) is 10.8. The highest BCUT2D eigenvalue weighted by Crippen LogP contribution is 2.23. The third-order valence-corrected chi connectivity index (χ3v) is 5.71. The second kappa shape index (κ2) is 9.79. The Morgan fingerprint density at radius 3 is 2.67 bits per heavy atom. The molecule has 5 heteroatoms. The Balaban J connectivity index is 1.59. The summed E-state index contributed by atoms with van der Waals surface area (Å²) in [4.78, 5) is 27.2. The summed E-state index contributed by atoms with van der Waals surface area (Å²) in [5.41, 5.74) is 3.40. The largest absolute Gasteiger partial charge is 0.484 e. The van der Waals surface area contributed by atoms with Crippen LogP contribution in [0.2, 0.25) is 0 Å². The lowest BCUT2D eigenvalue weighted by Gasteiger charge is -2.33. The van der Waals surface area contributed by atoms with Gasteiger partial charge in [0.1, 0.15) is 5.75 Å². The fourth-order valence-corrected chi connectivity index (χ4v) is 3.80. The first kappa shape index (κ1) is 21.9. The molecule has 160 valence electrons. The number of rotatable bonds is 6. The summed E-state index contributed by atoms with van der Waals surface area (Å²) >= 11 is 0. The highest BCUT2D eigenvalue weighted by Gasteiger charge is 2.24. The van der Waals surface area contributed by atoms with Crippen molar-refractivity contribution in [2.75, 3.05) is 18.5 Å². The van der Waals surface area contributed by atoms with Crippen LogP contribution in [0.15, 0.2) is 42.5 Å². The van der Waals surface area contributed by atoms with E-state index in [1.54, 1.807) is 12.1 Å². The molecule has 0 aliphatic carbocycles. The van der Waals surface area contributed by atoms with E-state index in [2.05, 4.69) is 32.2 Å². The Bertz CT molecular complexity index is 907. The van der Waals surface area contributed by atoms with Crippen molar-refractivity contribution < 1.29 is 14.3 Å². The summed E-state index contributed by atoms with van der Waals surface area (Å²) in [6, 6.07) is 13.5. The molecule has 1 heterocycles. The van der Waals surface area contributed by atoms with E-state index < -0.39 is 0 Å². The monoisotopic (exact) mass is 408 g/mol. The highest BCUT2D eigenvalue weighted by atomic mass is 16.5. The van der Waals surface area contributed by atoms with E-state index in [-0.39, 0.29) is 24.5 Å². The van der Waals surface area contributed by atoms with Gasteiger partial charge in [0.05, 0.1) is 0 Å². The van der Waals surface area contributed by atoms with E-state index in [4.69, 9.17) is 4.74 Å². The molecule has 2 aromatic carbocycles. The minimum absolute atomic E-state index is 0.0625. The molecule has 0 saturated carbocycles. The van der Waals surface area contributed by atoms with E-state index in [1.807, 2.05) is 36.1 Å². The summed E-state index contributed by atoms with van der Waals surface area (Å²) in [5.74, 6) is 0.928. The number of carbonyl (C=O) groups excluding carboxylic acids is 2. The Morgan fingerprint density at radius 1 is 1.17 bits per heavy atom. The molecule has 2 amide bonds. The molecule has 5 nitrogen and oxygen atoms in total. The first-order valence-electron chi connectivity index (χ1n) is 10.8. The number of amides is 2. The standard InChI is InChI=1S/C25H32N2O3/c1-17(2)20-9-7-10-22(15-20)30-16-24(28)26-23-12-11-21(14-18(23)3)25(29)27-13-6-5-8-19(27)4/h7,9-12,14-15,17,19H,5-6,8,13,16H2,1-4H3,(H,26,28). The second-order valence-electron chi connectivity index (χ2n) is 8.44. The van der Waals surface area contributed by atoms with E-state index in [1.165, 1.54) is 12.0 Å². The lowest BCUT2D eigenvalue weighted by molar-refractivity contribution is -0.118. The van der Waals surface area contributed by atoms with Crippen LogP contribution in [0.5, 0.6) is 5.75 Å². The molecular formula is C25H32N2O3. The average molecular weight is 409 g/mol. The van der Waals surface area contributed by atoms with Crippen LogP contribution in [0, 0.1) is 6.92 Å². The predicted octanol–water partition coefficient (Wildman–Crippen LogP) is 5.15. The molecule has 0 bridgehead atoms. The van der Waals surface area contributed by atoms with E-state index in [0.29, 0.717) is 22.9 Å². The Kier molecular flexibility index (Phi) is 7.14. The topological polar surface area (TPSA) is 58.6 Å². The minimum Gasteiger partial charge on any atom is -0.484 e. The van der Waals surface area contributed by atoms with Crippen molar-refractivity contribution in [3.63, 3.8) is 0 Å². The van der Waals surface area contributed by atoms with Gasteiger partial charge in [0, 0.05) is 23.8 Å². The number of carbonyl (C=O) groups is 2. The van der Waals surface area contributed by atoms with Gasteiger partial charge in [-0.25, -0.2) is 0 Å². The number of likely N-dealkylation sites (tertiary alicyclic amines) is 1. The van der Waals surface area contributed by atoms with E-state index >= 15 is 0 Å². The van der Waals surface area contributed by atoms with Crippen molar-refractivity contribution in [2.45, 2.75) is 58.9 Å². The molecule has 2 aromatic rings. The summed E-state index contributed by atoms with van der Waals surface area (Å²) in [6.45, 7) is 9.00. The van der Waals surface area contributed by atoms with Gasteiger partial charge in [0.2, 0.25) is 0 Å². The van der Waals surface area contributed by atoms with Crippen molar-refractivity contribution in [1.82, 2.24) is 4.90 Å². The molecule has 0 spiro atoms. The molecule has 0 aromatic heterocycles. The lowest BCUT2D eigenvalue weighted by Crippen LogP contribution is -2.42. The zero-order chi connectivity index (χ0) is 21.7. The van der Waals surface area contributed by atoms with Crippen molar-refractivity contribution in [2.24, 2.45) is 0 Å². The maximum absolute atomic E-state index is 12.8. The SMILES string of the molecule is Cc1cc(C(=O)N2CCCCC2C)ccc1NC(=O)COc1cccc(C(C)C)c1. The van der Waals surface area contributed by atoms with Crippen molar-refractivity contribution in [3.8, 4) is 5.75 Å². The number of ether oxygens (including phenoxy) is 1. The number of benzene rings is 2. The molecule has 0 radical (unpaired) electrons. The number of aryl methyl sites for hydroxylation is 1. The summed E-state index contributed by atoms with van der Waals surface area (Å²) in [6.07, 6.45) is 3.29. The number of nitrogens with one attached hydrogen (secondary N) is 1. The molecule has 1 N–H and O–H groups in total. The second-order valence-corrected chi connectivity index (χ2v) is 8.44. The van der Waals surface area contributed by atoms with Crippen LogP contribution in [0.3, 0.4) is 0 Å². The van der Waals surface area contributed by atoms with Crippen LogP contribution in [0.4, 0.5) is 5.69 Å². The maximum atomic E-state index is 12.8. The highest BCUT2D eigenvalue weighted by molar-refractivity contribution is 5.97. The molecule has 1 aliphatic rings. The molecule has 30 heavy (non-hydrogen) atoms. The van der Waals surface area contributed by atoms with Gasteiger partial charge in [0.25, 0.3) is 11.8 Å². The Labute approximate surface area is 179 Å². The van der Waals surface area contributed by atoms with E-state index in [9.17, 15) is 9.59 Å². The summed E-state index contributed by atoms with van der Waals surface area (Å²) in [7, 11) is 0. The van der Waals surface area contributed by atoms with Crippen molar-refractivity contribution in [3.05, 3.63) is 59.2 Å². The van der Waals surface area contributed by atoms with Crippen LogP contribution < -0.4 is 10.1 Å². The van der Waals surface area contributed by atoms with Gasteiger partial charge < -0.3 is 15.0 Å². The number of nitrogens with zero attached hydrogens (tertiary/aromatic N) is 1. The number of hydrogen-bond donors (Lipinski definition) is 1. The lowest BCUT2D eigenvalue weighted by atomic mass is 10.0. The van der Waals surface area contributed by atoms with Crippen molar-refractivity contribution in [1.29, 1.82) is 0 Å². The summed E-state index contributed by atoms with van der Waals surface area (Å²) in [5, 5.41) is 2.88. The average Bonchev–Trinajstić information content (AvgIpc) is 2.74. The molecule has 3 rings (SSSR count). The smallest absolute Gasteiger partial charge is 0.262 e. The molecule has 1 unspecified atom stereocenters. The number of hydrogen-bond acceptors (Lipinski definition) is 3. The van der Waals surface area contributed by atoms with E-state index in [0.717, 1.165) is 24.9 Å². The van der Waals surface area contributed by atoms with Gasteiger partial charge in [-0.05, 0) is 80.5 Å². The fraction of sp³-hybridized carbons (Fsp3) is 0.440. The van der Waals surface area contributed by atoms with Crippen LogP contribution in [0.1, 0.15) is 67.4 Å². The maximum Gasteiger partial charge on any atom is 0.262 e. The summed E-state index contributed by atoms with van der Waals surface area (Å²) < 4.78 is 5.65. The molecule has 1 aliphatic heterocycles. The Hall–Kier alpha value is -2.82.